The molecule has 1 heterocycles. The number of benzene rings is 1. The van der Waals surface area contributed by atoms with Crippen LogP contribution < -0.4 is 5.32 Å². The van der Waals surface area contributed by atoms with Crippen LogP contribution in [0.2, 0.25) is 0 Å². The minimum absolute atomic E-state index is 0.0471. The second kappa shape index (κ2) is 14.2. The van der Waals surface area contributed by atoms with E-state index in [1.54, 1.807) is 0 Å². The van der Waals surface area contributed by atoms with Crippen LogP contribution in [0.5, 0.6) is 0 Å². The molecule has 0 aliphatic carbocycles. The van der Waals surface area contributed by atoms with Crippen LogP contribution in [-0.4, -0.2) is 22.0 Å². The van der Waals surface area contributed by atoms with Crippen molar-refractivity contribution in [2.75, 3.05) is 6.54 Å². The van der Waals surface area contributed by atoms with E-state index >= 15 is 0 Å². The van der Waals surface area contributed by atoms with Crippen LogP contribution in [0.4, 0.5) is 0 Å². The molecule has 1 aromatic carbocycles. The maximum Gasteiger partial charge on any atom is 0.222 e. The van der Waals surface area contributed by atoms with Crippen molar-refractivity contribution in [3.05, 3.63) is 30.1 Å². The molecule has 4 nitrogen and oxygen atoms in total. The van der Waals surface area contributed by atoms with Gasteiger partial charge in [-0.05, 0) is 25.0 Å². The molecule has 1 aromatic heterocycles. The van der Waals surface area contributed by atoms with Gasteiger partial charge in [0.2, 0.25) is 5.91 Å². The molecule has 0 saturated heterocycles. The van der Waals surface area contributed by atoms with Gasteiger partial charge in [0.15, 0.2) is 0 Å². The number of rotatable bonds is 16. The van der Waals surface area contributed by atoms with Crippen molar-refractivity contribution in [2.45, 2.75) is 104 Å². The average molecular weight is 414 g/mol. The van der Waals surface area contributed by atoms with Gasteiger partial charge in [0, 0.05) is 25.4 Å². The average Bonchev–Trinajstić information content (AvgIpc) is 3.09. The van der Waals surface area contributed by atoms with Gasteiger partial charge < -0.3 is 9.88 Å². The first-order valence-corrected chi connectivity index (χ1v) is 12.3. The number of fused-ring (bicyclic) bond motifs is 1. The zero-order chi connectivity index (χ0) is 21.6. The molecular weight excluding hydrogens is 370 g/mol. The first kappa shape index (κ1) is 24.4. The number of aromatic nitrogens is 2. The van der Waals surface area contributed by atoms with E-state index in [4.69, 9.17) is 4.98 Å². The fourth-order valence-corrected chi connectivity index (χ4v) is 3.99. The van der Waals surface area contributed by atoms with Gasteiger partial charge in [-0.3, -0.25) is 4.79 Å². The molecule has 30 heavy (non-hydrogen) atoms. The van der Waals surface area contributed by atoms with E-state index in [2.05, 4.69) is 41.1 Å². The van der Waals surface area contributed by atoms with Gasteiger partial charge in [0.25, 0.3) is 0 Å². The number of para-hydroxylation sites is 2. The Labute approximate surface area is 183 Å². The maximum absolute atomic E-state index is 11.7. The molecule has 2 rings (SSSR count). The number of unbranched alkanes of at least 4 members (excludes halogenated alkanes) is 9. The second-order valence-corrected chi connectivity index (χ2v) is 8.90. The Balaban J connectivity index is 1.75. The molecule has 168 valence electrons. The predicted molar refractivity (Wildman–Crippen MR) is 128 cm³/mol. The summed E-state index contributed by atoms with van der Waals surface area (Å²) in [4.78, 5) is 16.6. The fraction of sp³-hybridized carbons (Fsp3) is 0.692. The van der Waals surface area contributed by atoms with Gasteiger partial charge >= 0.3 is 0 Å². The second-order valence-electron chi connectivity index (χ2n) is 8.90. The van der Waals surface area contributed by atoms with Crippen LogP contribution in [0.1, 0.15) is 97.2 Å². The Hall–Kier alpha value is -1.84. The first-order chi connectivity index (χ1) is 14.6. The van der Waals surface area contributed by atoms with Gasteiger partial charge in [0.05, 0.1) is 11.0 Å². The molecule has 4 heteroatoms. The number of nitrogens with zero attached hydrogens (tertiary/aromatic N) is 2. The highest BCUT2D eigenvalue weighted by Gasteiger charge is 2.11. The van der Waals surface area contributed by atoms with Crippen LogP contribution in [0, 0.1) is 5.92 Å². The highest BCUT2D eigenvalue weighted by Crippen LogP contribution is 2.19. The molecule has 0 saturated carbocycles. The van der Waals surface area contributed by atoms with Crippen LogP contribution >= 0.6 is 0 Å². The summed E-state index contributed by atoms with van der Waals surface area (Å²) in [5.41, 5.74) is 2.33. The monoisotopic (exact) mass is 413 g/mol. The van der Waals surface area contributed by atoms with E-state index in [9.17, 15) is 4.79 Å². The minimum Gasteiger partial charge on any atom is -0.356 e. The summed E-state index contributed by atoms with van der Waals surface area (Å²) < 4.78 is 2.41. The van der Waals surface area contributed by atoms with Crippen molar-refractivity contribution in [3.63, 3.8) is 0 Å². The Morgan fingerprint density at radius 2 is 1.57 bits per heavy atom. The van der Waals surface area contributed by atoms with E-state index in [0.717, 1.165) is 37.3 Å². The normalized spacial score (nSPS) is 11.5. The third kappa shape index (κ3) is 8.49. The maximum atomic E-state index is 11.7. The fourth-order valence-electron chi connectivity index (χ4n) is 3.99. The third-order valence-corrected chi connectivity index (χ3v) is 5.87. The summed E-state index contributed by atoms with van der Waals surface area (Å²) in [6.45, 7) is 7.91. The van der Waals surface area contributed by atoms with Crippen molar-refractivity contribution in [1.29, 1.82) is 0 Å². The van der Waals surface area contributed by atoms with Crippen molar-refractivity contribution >= 4 is 16.9 Å². The number of imidazole rings is 1. The standard InChI is InChI=1S/C26H43N3O/c1-4-5-6-7-8-9-10-11-12-15-21-29-24-18-14-13-17-23(24)28-25(29)19-16-20-27-26(30)22(2)3/h13-14,17-18,22H,4-12,15-16,19-21H2,1-3H3,(H,27,30). The number of hydrogen-bond donors (Lipinski definition) is 1. The zero-order valence-corrected chi connectivity index (χ0v) is 19.6. The molecule has 1 amide bonds. The predicted octanol–water partition coefficient (Wildman–Crippen LogP) is 6.66. The summed E-state index contributed by atoms with van der Waals surface area (Å²) in [6.07, 6.45) is 15.4. The van der Waals surface area contributed by atoms with Gasteiger partial charge in [-0.1, -0.05) is 90.7 Å². The molecule has 0 atom stereocenters. The van der Waals surface area contributed by atoms with Gasteiger partial charge in [-0.2, -0.15) is 0 Å². The lowest BCUT2D eigenvalue weighted by Gasteiger charge is -2.10. The Bertz CT molecular complexity index is 735. The van der Waals surface area contributed by atoms with Crippen molar-refractivity contribution in [1.82, 2.24) is 14.9 Å². The summed E-state index contributed by atoms with van der Waals surface area (Å²) in [5.74, 6) is 1.34. The largest absolute Gasteiger partial charge is 0.356 e. The van der Waals surface area contributed by atoms with Crippen molar-refractivity contribution < 1.29 is 4.79 Å². The zero-order valence-electron chi connectivity index (χ0n) is 19.6. The number of carbonyl (C=O) groups excluding carboxylic acids is 1. The highest BCUT2D eigenvalue weighted by atomic mass is 16.1. The van der Waals surface area contributed by atoms with E-state index in [0.29, 0.717) is 0 Å². The lowest BCUT2D eigenvalue weighted by Crippen LogP contribution is -2.28. The SMILES string of the molecule is CCCCCCCCCCCCn1c(CCCNC(=O)C(C)C)nc2ccccc21. The van der Waals surface area contributed by atoms with Gasteiger partial charge in [-0.15, -0.1) is 0 Å². The molecule has 0 bridgehead atoms. The Morgan fingerprint density at radius 3 is 2.23 bits per heavy atom. The summed E-state index contributed by atoms with van der Waals surface area (Å²) in [5, 5.41) is 3.02. The van der Waals surface area contributed by atoms with Crippen LogP contribution in [0.3, 0.4) is 0 Å². The van der Waals surface area contributed by atoms with Crippen LogP contribution in [0.25, 0.3) is 11.0 Å². The number of amides is 1. The Morgan fingerprint density at radius 1 is 0.933 bits per heavy atom. The number of hydrogen-bond acceptors (Lipinski definition) is 2. The summed E-state index contributed by atoms with van der Waals surface area (Å²) >= 11 is 0. The number of nitrogens with one attached hydrogen (secondary N) is 1. The minimum atomic E-state index is 0.0471. The summed E-state index contributed by atoms with van der Waals surface area (Å²) in [6, 6.07) is 8.45. The van der Waals surface area contributed by atoms with Crippen molar-refractivity contribution in [3.8, 4) is 0 Å². The molecule has 0 radical (unpaired) electrons. The van der Waals surface area contributed by atoms with E-state index in [-0.39, 0.29) is 11.8 Å². The smallest absolute Gasteiger partial charge is 0.222 e. The molecule has 1 N–H and O–H groups in total. The molecule has 0 fully saturated rings. The van der Waals surface area contributed by atoms with E-state index in [1.807, 2.05) is 13.8 Å². The van der Waals surface area contributed by atoms with E-state index < -0.39 is 0 Å². The topological polar surface area (TPSA) is 46.9 Å². The summed E-state index contributed by atoms with van der Waals surface area (Å²) in [7, 11) is 0. The van der Waals surface area contributed by atoms with Crippen molar-refractivity contribution in [2.24, 2.45) is 5.92 Å². The van der Waals surface area contributed by atoms with Crippen LogP contribution in [0.15, 0.2) is 24.3 Å². The van der Waals surface area contributed by atoms with Gasteiger partial charge in [0.1, 0.15) is 5.82 Å². The van der Waals surface area contributed by atoms with Crippen LogP contribution in [-0.2, 0) is 17.8 Å². The first-order valence-electron chi connectivity index (χ1n) is 12.3. The Kier molecular flexibility index (Phi) is 11.6. The molecule has 0 aliphatic rings. The quantitative estimate of drug-likeness (QED) is 0.313. The third-order valence-electron chi connectivity index (χ3n) is 5.87. The molecule has 0 unspecified atom stereocenters. The lowest BCUT2D eigenvalue weighted by atomic mass is 10.1. The molecule has 0 aliphatic heterocycles. The molecular formula is C26H43N3O. The highest BCUT2D eigenvalue weighted by molar-refractivity contribution is 5.77. The number of carbonyl (C=O) groups is 1. The number of aryl methyl sites for hydroxylation is 2. The lowest BCUT2D eigenvalue weighted by molar-refractivity contribution is -0.123. The molecule has 0 spiro atoms. The molecule has 2 aromatic rings. The van der Waals surface area contributed by atoms with E-state index in [1.165, 1.54) is 69.7 Å². The van der Waals surface area contributed by atoms with Gasteiger partial charge in [-0.25, -0.2) is 4.98 Å².